The molecule has 1 aliphatic carbocycles. The summed E-state index contributed by atoms with van der Waals surface area (Å²) in [5.74, 6) is 1.38. The van der Waals surface area contributed by atoms with E-state index in [2.05, 4.69) is 20.0 Å². The van der Waals surface area contributed by atoms with E-state index in [9.17, 15) is 4.79 Å². The van der Waals surface area contributed by atoms with Gasteiger partial charge in [-0.25, -0.2) is 14.6 Å². The SMILES string of the molecule is O=C(CSc1ncnc2c1cnn2-c1ccccc1)N1CCC[C@@H]2CCCC[C@H]21. The lowest BCUT2D eigenvalue weighted by atomic mass is 9.78. The molecule has 6 nitrogen and oxygen atoms in total. The molecule has 2 aromatic heterocycles. The number of thioether (sulfide) groups is 1. The van der Waals surface area contributed by atoms with Gasteiger partial charge < -0.3 is 4.90 Å². The van der Waals surface area contributed by atoms with E-state index in [0.29, 0.717) is 17.7 Å². The Bertz CT molecular complexity index is 1000. The summed E-state index contributed by atoms with van der Waals surface area (Å²) in [7, 11) is 0. The largest absolute Gasteiger partial charge is 0.339 e. The van der Waals surface area contributed by atoms with Crippen LogP contribution in [0.3, 0.4) is 0 Å². The van der Waals surface area contributed by atoms with Gasteiger partial charge in [0, 0.05) is 12.6 Å². The summed E-state index contributed by atoms with van der Waals surface area (Å²) >= 11 is 1.50. The molecule has 0 N–H and O–H groups in total. The van der Waals surface area contributed by atoms with Crippen LogP contribution in [0.4, 0.5) is 0 Å². The highest BCUT2D eigenvalue weighted by atomic mass is 32.2. The number of likely N-dealkylation sites (tertiary alicyclic amines) is 1. The lowest BCUT2D eigenvalue weighted by Gasteiger charge is -2.44. The second-order valence-corrected chi connectivity index (χ2v) is 8.90. The van der Waals surface area contributed by atoms with Crippen LogP contribution in [0, 0.1) is 5.92 Å². The average molecular weight is 408 g/mol. The number of aromatic nitrogens is 4. The molecule has 2 aliphatic rings. The molecule has 0 radical (unpaired) electrons. The standard InChI is InChI=1S/C22H25N5OS/c28-20(26-12-6-8-16-7-4-5-11-19(16)26)14-29-22-18-13-25-27(21(18)23-15-24-22)17-9-2-1-3-10-17/h1-3,9-10,13,15-16,19H,4-8,11-12,14H2/t16-,19+/m0/s1. The van der Waals surface area contributed by atoms with Crippen molar-refractivity contribution in [3.8, 4) is 5.69 Å². The van der Waals surface area contributed by atoms with Gasteiger partial charge in [-0.15, -0.1) is 0 Å². The summed E-state index contributed by atoms with van der Waals surface area (Å²) in [6.45, 7) is 0.908. The first kappa shape index (κ1) is 18.6. The van der Waals surface area contributed by atoms with E-state index in [4.69, 9.17) is 0 Å². The minimum atomic E-state index is 0.244. The number of para-hydroxylation sites is 1. The molecule has 7 heteroatoms. The van der Waals surface area contributed by atoms with Crippen molar-refractivity contribution in [1.82, 2.24) is 24.6 Å². The number of hydrogen-bond acceptors (Lipinski definition) is 5. The molecule has 1 aliphatic heterocycles. The minimum Gasteiger partial charge on any atom is -0.339 e. The molecule has 2 atom stereocenters. The highest BCUT2D eigenvalue weighted by Gasteiger charge is 2.35. The molecular formula is C22H25N5OS. The number of benzene rings is 1. The highest BCUT2D eigenvalue weighted by Crippen LogP contribution is 2.36. The molecule has 3 aromatic rings. The summed E-state index contributed by atoms with van der Waals surface area (Å²) in [4.78, 5) is 24.1. The van der Waals surface area contributed by atoms with E-state index >= 15 is 0 Å². The van der Waals surface area contributed by atoms with Crippen molar-refractivity contribution in [2.24, 2.45) is 5.92 Å². The van der Waals surface area contributed by atoms with Crippen LogP contribution in [-0.4, -0.2) is 48.9 Å². The molecule has 3 heterocycles. The Morgan fingerprint density at radius 1 is 1.07 bits per heavy atom. The third-order valence-corrected chi connectivity index (χ3v) is 7.22. The van der Waals surface area contributed by atoms with Crippen LogP contribution in [0.5, 0.6) is 0 Å². The summed E-state index contributed by atoms with van der Waals surface area (Å²) in [6.07, 6.45) is 10.8. The van der Waals surface area contributed by atoms with Crippen LogP contribution >= 0.6 is 11.8 Å². The van der Waals surface area contributed by atoms with Crippen molar-refractivity contribution < 1.29 is 4.79 Å². The van der Waals surface area contributed by atoms with Crippen LogP contribution in [-0.2, 0) is 4.79 Å². The van der Waals surface area contributed by atoms with E-state index < -0.39 is 0 Å². The van der Waals surface area contributed by atoms with Gasteiger partial charge in [-0.3, -0.25) is 4.79 Å². The molecule has 1 saturated heterocycles. The third kappa shape index (κ3) is 3.64. The predicted octanol–water partition coefficient (Wildman–Crippen LogP) is 4.09. The Balaban J connectivity index is 1.33. The number of fused-ring (bicyclic) bond motifs is 2. The lowest BCUT2D eigenvalue weighted by molar-refractivity contribution is -0.134. The number of amides is 1. The molecule has 0 spiro atoms. The van der Waals surface area contributed by atoms with E-state index in [1.165, 1.54) is 43.9 Å². The Morgan fingerprint density at radius 2 is 1.90 bits per heavy atom. The van der Waals surface area contributed by atoms with Crippen LogP contribution in [0.2, 0.25) is 0 Å². The number of rotatable bonds is 4. The molecule has 1 saturated carbocycles. The van der Waals surface area contributed by atoms with Crippen molar-refractivity contribution >= 4 is 28.7 Å². The first-order valence-electron chi connectivity index (χ1n) is 10.5. The maximum Gasteiger partial charge on any atom is 0.233 e. The summed E-state index contributed by atoms with van der Waals surface area (Å²) < 4.78 is 1.82. The Morgan fingerprint density at radius 3 is 2.79 bits per heavy atom. The third-order valence-electron chi connectivity index (χ3n) is 6.23. The van der Waals surface area contributed by atoms with Gasteiger partial charge >= 0.3 is 0 Å². The van der Waals surface area contributed by atoms with Gasteiger partial charge in [-0.05, 0) is 43.7 Å². The number of carbonyl (C=O) groups is 1. The molecule has 0 bridgehead atoms. The van der Waals surface area contributed by atoms with Crippen molar-refractivity contribution in [1.29, 1.82) is 0 Å². The molecule has 5 rings (SSSR count). The van der Waals surface area contributed by atoms with Crippen molar-refractivity contribution in [2.45, 2.75) is 49.6 Å². The fourth-order valence-corrected chi connectivity index (χ4v) is 5.69. The van der Waals surface area contributed by atoms with Crippen molar-refractivity contribution in [3.05, 3.63) is 42.9 Å². The zero-order valence-electron chi connectivity index (χ0n) is 16.4. The average Bonchev–Trinajstić information content (AvgIpc) is 3.22. The summed E-state index contributed by atoms with van der Waals surface area (Å²) in [5, 5.41) is 6.22. The molecule has 29 heavy (non-hydrogen) atoms. The van der Waals surface area contributed by atoms with Gasteiger partial charge in [0.25, 0.3) is 0 Å². The van der Waals surface area contributed by atoms with Gasteiger partial charge in [0.1, 0.15) is 11.4 Å². The summed E-state index contributed by atoms with van der Waals surface area (Å²) in [5.41, 5.74) is 1.73. The van der Waals surface area contributed by atoms with Gasteiger partial charge in [-0.2, -0.15) is 5.10 Å². The van der Waals surface area contributed by atoms with Crippen molar-refractivity contribution in [3.63, 3.8) is 0 Å². The fourth-order valence-electron chi connectivity index (χ4n) is 4.84. The van der Waals surface area contributed by atoms with E-state index in [1.54, 1.807) is 12.5 Å². The van der Waals surface area contributed by atoms with Crippen molar-refractivity contribution in [2.75, 3.05) is 12.3 Å². The lowest BCUT2D eigenvalue weighted by Crippen LogP contribution is -2.50. The molecular weight excluding hydrogens is 382 g/mol. The number of carbonyl (C=O) groups excluding carboxylic acids is 1. The Kier molecular flexibility index (Phi) is 5.23. The second kappa shape index (κ2) is 8.14. The maximum atomic E-state index is 13.0. The van der Waals surface area contributed by atoms with E-state index in [-0.39, 0.29) is 5.91 Å². The van der Waals surface area contributed by atoms with Crippen LogP contribution in [0.15, 0.2) is 47.9 Å². The van der Waals surface area contributed by atoms with Gasteiger partial charge in [-0.1, -0.05) is 42.8 Å². The van der Waals surface area contributed by atoms with E-state index in [0.717, 1.165) is 34.7 Å². The van der Waals surface area contributed by atoms with Gasteiger partial charge in [0.05, 0.1) is 23.0 Å². The molecule has 150 valence electrons. The number of nitrogens with zero attached hydrogens (tertiary/aromatic N) is 5. The molecule has 1 amide bonds. The maximum absolute atomic E-state index is 13.0. The van der Waals surface area contributed by atoms with Gasteiger partial charge in [0.15, 0.2) is 5.65 Å². The second-order valence-electron chi connectivity index (χ2n) is 7.94. The smallest absolute Gasteiger partial charge is 0.233 e. The molecule has 2 fully saturated rings. The first-order chi connectivity index (χ1) is 14.3. The quantitative estimate of drug-likeness (QED) is 0.481. The normalized spacial score (nSPS) is 21.9. The van der Waals surface area contributed by atoms with Crippen LogP contribution in [0.25, 0.3) is 16.7 Å². The predicted molar refractivity (Wildman–Crippen MR) is 114 cm³/mol. The monoisotopic (exact) mass is 407 g/mol. The zero-order valence-corrected chi connectivity index (χ0v) is 17.2. The van der Waals surface area contributed by atoms with Crippen LogP contribution < -0.4 is 0 Å². The zero-order chi connectivity index (χ0) is 19.6. The number of hydrogen-bond donors (Lipinski definition) is 0. The van der Waals surface area contributed by atoms with Gasteiger partial charge in [0.2, 0.25) is 5.91 Å². The molecule has 1 aromatic carbocycles. The molecule has 0 unspecified atom stereocenters. The van der Waals surface area contributed by atoms with E-state index in [1.807, 2.05) is 35.0 Å². The first-order valence-corrected chi connectivity index (χ1v) is 11.5. The minimum absolute atomic E-state index is 0.244. The topological polar surface area (TPSA) is 63.9 Å². The highest BCUT2D eigenvalue weighted by molar-refractivity contribution is 8.00. The fraction of sp³-hybridized carbons (Fsp3) is 0.455. The van der Waals surface area contributed by atoms with Crippen LogP contribution in [0.1, 0.15) is 38.5 Å². The number of piperidine rings is 1. The summed E-state index contributed by atoms with van der Waals surface area (Å²) in [6, 6.07) is 10.4. The Hall–Kier alpha value is -2.41. The Labute approximate surface area is 174 Å².